The highest BCUT2D eigenvalue weighted by Crippen LogP contribution is 2.25. The number of nitrogens with zero attached hydrogens (tertiary/aromatic N) is 3. The lowest BCUT2D eigenvalue weighted by Gasteiger charge is -2.04. The van der Waals surface area contributed by atoms with Crippen LogP contribution in [0.25, 0.3) is 21.8 Å². The minimum atomic E-state index is 0.198. The molecule has 0 bridgehead atoms. The highest BCUT2D eigenvalue weighted by Gasteiger charge is 2.09. The Morgan fingerprint density at radius 3 is 2.83 bits per heavy atom. The van der Waals surface area contributed by atoms with Gasteiger partial charge in [-0.05, 0) is 25.1 Å². The van der Waals surface area contributed by atoms with Crippen molar-refractivity contribution in [3.8, 4) is 6.07 Å². The minimum absolute atomic E-state index is 0.198. The van der Waals surface area contributed by atoms with E-state index in [9.17, 15) is 0 Å². The molecule has 86 valence electrons. The SMILES string of the molecule is Cc1ccc2nc3c(C#N)c(Cl)ncc3cc2c1. The van der Waals surface area contributed by atoms with Gasteiger partial charge in [0.1, 0.15) is 16.8 Å². The van der Waals surface area contributed by atoms with Gasteiger partial charge in [0.05, 0.1) is 11.0 Å². The van der Waals surface area contributed by atoms with Crippen LogP contribution in [0.3, 0.4) is 0 Å². The van der Waals surface area contributed by atoms with E-state index in [4.69, 9.17) is 16.9 Å². The van der Waals surface area contributed by atoms with Gasteiger partial charge in [-0.25, -0.2) is 9.97 Å². The maximum Gasteiger partial charge on any atom is 0.149 e. The molecule has 0 N–H and O–H groups in total. The number of halogens is 1. The lowest BCUT2D eigenvalue weighted by molar-refractivity contribution is 1.31. The Bertz CT molecular complexity index is 818. The second-order valence-corrected chi connectivity index (χ2v) is 4.52. The fraction of sp³-hybridized carbons (Fsp3) is 0.0714. The van der Waals surface area contributed by atoms with Crippen LogP contribution in [0.2, 0.25) is 5.15 Å². The van der Waals surface area contributed by atoms with Crippen LogP contribution in [-0.2, 0) is 0 Å². The third-order valence-electron chi connectivity index (χ3n) is 2.87. The van der Waals surface area contributed by atoms with Gasteiger partial charge in [0.15, 0.2) is 0 Å². The van der Waals surface area contributed by atoms with Crippen LogP contribution in [0.5, 0.6) is 0 Å². The molecule has 0 aliphatic carbocycles. The molecule has 0 saturated carbocycles. The summed E-state index contributed by atoms with van der Waals surface area (Å²) in [5.41, 5.74) is 2.96. The minimum Gasteiger partial charge on any atom is -0.246 e. The Labute approximate surface area is 109 Å². The van der Waals surface area contributed by atoms with Gasteiger partial charge in [0, 0.05) is 17.0 Å². The van der Waals surface area contributed by atoms with Crippen LogP contribution in [-0.4, -0.2) is 9.97 Å². The maximum absolute atomic E-state index is 9.12. The number of rotatable bonds is 0. The number of hydrogen-bond acceptors (Lipinski definition) is 3. The van der Waals surface area contributed by atoms with Crippen LogP contribution in [0.4, 0.5) is 0 Å². The zero-order chi connectivity index (χ0) is 12.7. The van der Waals surface area contributed by atoms with E-state index >= 15 is 0 Å². The number of hydrogen-bond donors (Lipinski definition) is 0. The highest BCUT2D eigenvalue weighted by atomic mass is 35.5. The lowest BCUT2D eigenvalue weighted by Crippen LogP contribution is -1.90. The van der Waals surface area contributed by atoms with E-state index in [0.717, 1.165) is 16.3 Å². The molecule has 0 atom stereocenters. The second kappa shape index (κ2) is 3.94. The van der Waals surface area contributed by atoms with Gasteiger partial charge in [-0.15, -0.1) is 0 Å². The van der Waals surface area contributed by atoms with E-state index < -0.39 is 0 Å². The molecule has 0 amide bonds. The first-order valence-electron chi connectivity index (χ1n) is 5.45. The van der Waals surface area contributed by atoms with Crippen molar-refractivity contribution in [2.75, 3.05) is 0 Å². The third kappa shape index (κ3) is 1.59. The highest BCUT2D eigenvalue weighted by molar-refractivity contribution is 6.31. The van der Waals surface area contributed by atoms with Gasteiger partial charge in [-0.1, -0.05) is 23.2 Å². The Kier molecular flexibility index (Phi) is 2.39. The van der Waals surface area contributed by atoms with Crippen LogP contribution < -0.4 is 0 Å². The fourth-order valence-electron chi connectivity index (χ4n) is 2.00. The average molecular weight is 254 g/mol. The first-order valence-corrected chi connectivity index (χ1v) is 5.82. The Hall–Kier alpha value is -2.18. The van der Waals surface area contributed by atoms with Gasteiger partial charge < -0.3 is 0 Å². The Morgan fingerprint density at radius 2 is 2.06 bits per heavy atom. The van der Waals surface area contributed by atoms with Crippen LogP contribution >= 0.6 is 11.6 Å². The molecule has 3 rings (SSSR count). The summed E-state index contributed by atoms with van der Waals surface area (Å²) in [5.74, 6) is 0. The monoisotopic (exact) mass is 253 g/mol. The van der Waals surface area contributed by atoms with Crippen LogP contribution in [0.15, 0.2) is 30.5 Å². The van der Waals surface area contributed by atoms with Gasteiger partial charge >= 0.3 is 0 Å². The average Bonchev–Trinajstić information content (AvgIpc) is 2.36. The van der Waals surface area contributed by atoms with Crippen molar-refractivity contribution in [1.29, 1.82) is 5.26 Å². The number of aromatic nitrogens is 2. The molecule has 3 aromatic rings. The van der Waals surface area contributed by atoms with Crippen LogP contribution in [0, 0.1) is 18.3 Å². The predicted molar refractivity (Wildman–Crippen MR) is 71.5 cm³/mol. The molecular formula is C14H8ClN3. The lowest BCUT2D eigenvalue weighted by atomic mass is 10.1. The van der Waals surface area contributed by atoms with Gasteiger partial charge in [0.25, 0.3) is 0 Å². The molecule has 0 aliphatic heterocycles. The molecule has 2 aromatic heterocycles. The summed E-state index contributed by atoms with van der Waals surface area (Å²) >= 11 is 5.91. The summed E-state index contributed by atoms with van der Waals surface area (Å²) in [6.07, 6.45) is 1.65. The summed E-state index contributed by atoms with van der Waals surface area (Å²) in [6.45, 7) is 2.03. The summed E-state index contributed by atoms with van der Waals surface area (Å²) in [5, 5.41) is 11.2. The summed E-state index contributed by atoms with van der Waals surface area (Å²) in [7, 11) is 0. The Morgan fingerprint density at radius 1 is 1.22 bits per heavy atom. The van der Waals surface area contributed by atoms with Crippen molar-refractivity contribution >= 4 is 33.4 Å². The number of pyridine rings is 2. The number of aryl methyl sites for hydroxylation is 1. The molecular weight excluding hydrogens is 246 g/mol. The van der Waals surface area contributed by atoms with E-state index in [1.165, 1.54) is 5.56 Å². The standard InChI is InChI=1S/C14H8ClN3/c1-8-2-3-12-9(4-8)5-10-7-17-14(15)11(6-16)13(10)18-12/h2-5,7H,1H3. The molecule has 0 radical (unpaired) electrons. The van der Waals surface area contributed by atoms with Gasteiger partial charge in [-0.3, -0.25) is 0 Å². The molecule has 4 heteroatoms. The molecule has 3 nitrogen and oxygen atoms in total. The van der Waals surface area contributed by atoms with Crippen molar-refractivity contribution in [3.05, 3.63) is 46.7 Å². The van der Waals surface area contributed by atoms with E-state index in [0.29, 0.717) is 11.1 Å². The van der Waals surface area contributed by atoms with Crippen LogP contribution in [0.1, 0.15) is 11.1 Å². The van der Waals surface area contributed by atoms with E-state index in [1.54, 1.807) is 6.20 Å². The van der Waals surface area contributed by atoms with Crippen molar-refractivity contribution in [2.24, 2.45) is 0 Å². The number of fused-ring (bicyclic) bond motifs is 2. The maximum atomic E-state index is 9.12. The predicted octanol–water partition coefficient (Wildman–Crippen LogP) is 3.62. The van der Waals surface area contributed by atoms with E-state index in [2.05, 4.69) is 22.1 Å². The molecule has 0 unspecified atom stereocenters. The van der Waals surface area contributed by atoms with Crippen molar-refractivity contribution in [2.45, 2.75) is 6.92 Å². The van der Waals surface area contributed by atoms with Crippen molar-refractivity contribution < 1.29 is 0 Å². The smallest absolute Gasteiger partial charge is 0.149 e. The molecule has 0 fully saturated rings. The second-order valence-electron chi connectivity index (χ2n) is 4.16. The normalized spacial score (nSPS) is 10.7. The van der Waals surface area contributed by atoms with Gasteiger partial charge in [0.2, 0.25) is 0 Å². The first kappa shape index (κ1) is 10.9. The third-order valence-corrected chi connectivity index (χ3v) is 3.16. The number of nitriles is 1. The zero-order valence-electron chi connectivity index (χ0n) is 9.61. The number of benzene rings is 1. The van der Waals surface area contributed by atoms with Crippen molar-refractivity contribution in [3.63, 3.8) is 0 Å². The molecule has 1 aromatic carbocycles. The molecule has 0 spiro atoms. The molecule has 0 saturated heterocycles. The molecule has 2 heterocycles. The fourth-order valence-corrected chi connectivity index (χ4v) is 2.18. The molecule has 0 aliphatic rings. The van der Waals surface area contributed by atoms with Gasteiger partial charge in [-0.2, -0.15) is 5.26 Å². The first-order chi connectivity index (χ1) is 8.69. The zero-order valence-corrected chi connectivity index (χ0v) is 10.4. The summed E-state index contributed by atoms with van der Waals surface area (Å²) in [6, 6.07) is 10.0. The Balaban J connectivity index is 2.49. The molecule has 18 heavy (non-hydrogen) atoms. The van der Waals surface area contributed by atoms with E-state index in [-0.39, 0.29) is 5.15 Å². The van der Waals surface area contributed by atoms with Crippen molar-refractivity contribution in [1.82, 2.24) is 9.97 Å². The topological polar surface area (TPSA) is 49.6 Å². The quantitative estimate of drug-likeness (QED) is 0.454. The largest absolute Gasteiger partial charge is 0.246 e. The van der Waals surface area contributed by atoms with E-state index in [1.807, 2.05) is 25.1 Å². The summed E-state index contributed by atoms with van der Waals surface area (Å²) < 4.78 is 0. The summed E-state index contributed by atoms with van der Waals surface area (Å²) in [4.78, 5) is 8.51.